The molecule has 2 heterocycles. The zero-order chi connectivity index (χ0) is 16.8. The van der Waals surface area contributed by atoms with Crippen LogP contribution in [0.3, 0.4) is 0 Å². The number of carbonyl (C=O) groups excluding carboxylic acids is 2. The van der Waals surface area contributed by atoms with Gasteiger partial charge in [0.2, 0.25) is 11.8 Å². The van der Waals surface area contributed by atoms with E-state index in [9.17, 15) is 9.59 Å². The maximum absolute atomic E-state index is 12.4. The molecular weight excluding hydrogens is 330 g/mol. The molecule has 0 bridgehead atoms. The van der Waals surface area contributed by atoms with Crippen molar-refractivity contribution < 1.29 is 9.59 Å². The highest BCUT2D eigenvalue weighted by molar-refractivity contribution is 7.14. The first-order valence-electron chi connectivity index (χ1n) is 7.53. The molecule has 2 rings (SSSR count). The summed E-state index contributed by atoms with van der Waals surface area (Å²) in [5, 5.41) is 9.69. The van der Waals surface area contributed by atoms with Crippen LogP contribution in [0.2, 0.25) is 0 Å². The van der Waals surface area contributed by atoms with Gasteiger partial charge in [-0.2, -0.15) is 11.3 Å². The summed E-state index contributed by atoms with van der Waals surface area (Å²) in [5.41, 5.74) is 1.84. The van der Waals surface area contributed by atoms with Crippen LogP contribution in [0.5, 0.6) is 0 Å². The summed E-state index contributed by atoms with van der Waals surface area (Å²) in [6.45, 7) is 6.27. The Balaban J connectivity index is 1.95. The minimum Gasteiger partial charge on any atom is -0.352 e. The Kier molecular flexibility index (Phi) is 6.29. The van der Waals surface area contributed by atoms with E-state index in [2.05, 4.69) is 10.3 Å². The van der Waals surface area contributed by atoms with Crippen LogP contribution in [0, 0.1) is 0 Å². The fourth-order valence-corrected chi connectivity index (χ4v) is 3.62. The van der Waals surface area contributed by atoms with Gasteiger partial charge in [0.05, 0.1) is 18.7 Å². The molecule has 23 heavy (non-hydrogen) atoms. The lowest BCUT2D eigenvalue weighted by molar-refractivity contribution is -0.135. The molecule has 0 spiro atoms. The van der Waals surface area contributed by atoms with Gasteiger partial charge in [0, 0.05) is 28.9 Å². The summed E-state index contributed by atoms with van der Waals surface area (Å²) in [7, 11) is 0. The lowest BCUT2D eigenvalue weighted by Crippen LogP contribution is -2.43. The summed E-state index contributed by atoms with van der Waals surface area (Å²) >= 11 is 3.16. The van der Waals surface area contributed by atoms with Gasteiger partial charge < -0.3 is 10.2 Å². The van der Waals surface area contributed by atoms with Crippen LogP contribution >= 0.6 is 22.7 Å². The smallest absolute Gasteiger partial charge is 0.239 e. The lowest BCUT2D eigenvalue weighted by Gasteiger charge is -2.20. The predicted octanol–water partition coefficient (Wildman–Crippen LogP) is 2.79. The highest BCUT2D eigenvalue weighted by Crippen LogP contribution is 2.25. The number of thiophene rings is 1. The van der Waals surface area contributed by atoms with Gasteiger partial charge in [0.15, 0.2) is 0 Å². The van der Waals surface area contributed by atoms with E-state index in [1.165, 1.54) is 11.3 Å². The number of thiazole rings is 1. The van der Waals surface area contributed by atoms with Crippen molar-refractivity contribution in [1.82, 2.24) is 15.2 Å². The molecule has 0 fully saturated rings. The maximum atomic E-state index is 12.4. The van der Waals surface area contributed by atoms with Crippen LogP contribution in [0.15, 0.2) is 22.2 Å². The molecule has 2 amide bonds. The van der Waals surface area contributed by atoms with Crippen molar-refractivity contribution in [2.45, 2.75) is 33.2 Å². The van der Waals surface area contributed by atoms with Crippen LogP contribution in [0.4, 0.5) is 0 Å². The third-order valence-corrected chi connectivity index (χ3v) is 4.79. The zero-order valence-electron chi connectivity index (χ0n) is 13.5. The quantitative estimate of drug-likeness (QED) is 0.834. The van der Waals surface area contributed by atoms with E-state index in [1.807, 2.05) is 43.0 Å². The number of likely N-dealkylation sites (N-methyl/N-ethyl adjacent to an activating group) is 1. The molecule has 124 valence electrons. The van der Waals surface area contributed by atoms with Gasteiger partial charge in [-0.05, 0) is 32.2 Å². The molecule has 0 radical (unpaired) electrons. The molecule has 2 aromatic heterocycles. The van der Waals surface area contributed by atoms with E-state index in [4.69, 9.17) is 0 Å². The maximum Gasteiger partial charge on any atom is 0.239 e. The number of nitrogens with zero attached hydrogens (tertiary/aromatic N) is 2. The van der Waals surface area contributed by atoms with E-state index in [1.54, 1.807) is 16.2 Å². The predicted molar refractivity (Wildman–Crippen MR) is 94.7 cm³/mol. The largest absolute Gasteiger partial charge is 0.352 e. The highest BCUT2D eigenvalue weighted by Gasteiger charge is 2.18. The number of amides is 2. The molecule has 0 saturated heterocycles. The molecule has 0 aliphatic carbocycles. The first kappa shape index (κ1) is 17.6. The molecule has 7 heteroatoms. The molecule has 0 aliphatic rings. The minimum atomic E-state index is -0.132. The normalized spacial score (nSPS) is 10.8. The molecule has 0 saturated carbocycles. The fraction of sp³-hybridized carbons (Fsp3) is 0.438. The van der Waals surface area contributed by atoms with Gasteiger partial charge in [-0.1, -0.05) is 0 Å². The van der Waals surface area contributed by atoms with Crippen molar-refractivity contribution in [3.05, 3.63) is 27.9 Å². The Hall–Kier alpha value is -1.73. The molecule has 0 atom stereocenters. The molecule has 0 aromatic carbocycles. The van der Waals surface area contributed by atoms with Crippen molar-refractivity contribution in [3.63, 3.8) is 0 Å². The van der Waals surface area contributed by atoms with Crippen molar-refractivity contribution in [3.8, 4) is 10.6 Å². The SMILES string of the molecule is CCN(CC(=O)NC(C)C)C(=O)Cc1csc(-c2ccsc2)n1. The van der Waals surface area contributed by atoms with E-state index < -0.39 is 0 Å². The first-order valence-corrected chi connectivity index (χ1v) is 9.36. The summed E-state index contributed by atoms with van der Waals surface area (Å²) < 4.78 is 0. The molecule has 2 aromatic rings. The van der Waals surface area contributed by atoms with Crippen molar-refractivity contribution in [2.75, 3.05) is 13.1 Å². The van der Waals surface area contributed by atoms with E-state index in [0.29, 0.717) is 6.54 Å². The first-order chi connectivity index (χ1) is 11.0. The standard InChI is InChI=1S/C16H21N3O2S2/c1-4-19(8-14(20)17-11(2)3)15(21)7-13-10-23-16(18-13)12-5-6-22-9-12/h5-6,9-11H,4,7-8H2,1-3H3,(H,17,20). The summed E-state index contributed by atoms with van der Waals surface area (Å²) in [4.78, 5) is 30.3. The Morgan fingerprint density at radius 3 is 2.74 bits per heavy atom. The van der Waals surface area contributed by atoms with Gasteiger partial charge in [0.25, 0.3) is 0 Å². The zero-order valence-corrected chi connectivity index (χ0v) is 15.2. The second-order valence-electron chi connectivity index (χ2n) is 5.46. The van der Waals surface area contributed by atoms with Gasteiger partial charge in [-0.3, -0.25) is 9.59 Å². The average Bonchev–Trinajstić information content (AvgIpc) is 3.14. The van der Waals surface area contributed by atoms with E-state index >= 15 is 0 Å². The fourth-order valence-electron chi connectivity index (χ4n) is 2.09. The lowest BCUT2D eigenvalue weighted by atomic mass is 10.3. The third kappa shape index (κ3) is 5.14. The average molecular weight is 351 g/mol. The summed E-state index contributed by atoms with van der Waals surface area (Å²) in [6, 6.07) is 2.09. The third-order valence-electron chi connectivity index (χ3n) is 3.17. The Labute approximate surface area is 144 Å². The van der Waals surface area contributed by atoms with E-state index in [-0.39, 0.29) is 30.8 Å². The number of hydrogen-bond donors (Lipinski definition) is 1. The van der Waals surface area contributed by atoms with Gasteiger partial charge in [-0.15, -0.1) is 11.3 Å². The topological polar surface area (TPSA) is 62.3 Å². The number of rotatable bonds is 7. The molecule has 0 unspecified atom stereocenters. The van der Waals surface area contributed by atoms with Crippen LogP contribution in [-0.4, -0.2) is 40.8 Å². The Bertz CT molecular complexity index is 650. The minimum absolute atomic E-state index is 0.0722. The molecule has 5 nitrogen and oxygen atoms in total. The monoisotopic (exact) mass is 351 g/mol. The van der Waals surface area contributed by atoms with Gasteiger partial charge >= 0.3 is 0 Å². The van der Waals surface area contributed by atoms with Gasteiger partial charge in [0.1, 0.15) is 5.01 Å². The second-order valence-corrected chi connectivity index (χ2v) is 7.10. The molecule has 1 N–H and O–H groups in total. The highest BCUT2D eigenvalue weighted by atomic mass is 32.1. The van der Waals surface area contributed by atoms with Crippen LogP contribution in [0.25, 0.3) is 10.6 Å². The summed E-state index contributed by atoms with van der Waals surface area (Å²) in [6.07, 6.45) is 0.226. The van der Waals surface area contributed by atoms with E-state index in [0.717, 1.165) is 16.3 Å². The van der Waals surface area contributed by atoms with Crippen molar-refractivity contribution >= 4 is 34.5 Å². The summed E-state index contributed by atoms with van der Waals surface area (Å²) in [5.74, 6) is -0.207. The van der Waals surface area contributed by atoms with Crippen molar-refractivity contribution in [1.29, 1.82) is 0 Å². The molecule has 0 aliphatic heterocycles. The number of aromatic nitrogens is 1. The van der Waals surface area contributed by atoms with Crippen molar-refractivity contribution in [2.24, 2.45) is 0 Å². The number of hydrogen-bond acceptors (Lipinski definition) is 5. The second kappa shape index (κ2) is 8.21. The molecular formula is C16H21N3O2S2. The van der Waals surface area contributed by atoms with Gasteiger partial charge in [-0.25, -0.2) is 4.98 Å². The van der Waals surface area contributed by atoms with Crippen LogP contribution in [0.1, 0.15) is 26.5 Å². The number of nitrogens with one attached hydrogen (secondary N) is 1. The van der Waals surface area contributed by atoms with Crippen LogP contribution < -0.4 is 5.32 Å². The van der Waals surface area contributed by atoms with Crippen LogP contribution in [-0.2, 0) is 16.0 Å². The Morgan fingerprint density at radius 1 is 1.35 bits per heavy atom. The Morgan fingerprint density at radius 2 is 2.13 bits per heavy atom. The number of carbonyl (C=O) groups is 2.